The fraction of sp³-hybridized carbons (Fsp3) is 0.588. The van der Waals surface area contributed by atoms with Gasteiger partial charge in [-0.15, -0.1) is 24.0 Å². The summed E-state index contributed by atoms with van der Waals surface area (Å²) in [5, 5.41) is 3.16. The first-order valence-electron chi connectivity index (χ1n) is 7.92. The normalized spacial score (nSPS) is 18.6. The van der Waals surface area contributed by atoms with Crippen molar-refractivity contribution in [2.75, 3.05) is 25.0 Å². The van der Waals surface area contributed by atoms with Crippen LogP contribution >= 0.6 is 24.0 Å². The molecule has 0 bridgehead atoms. The molecule has 5 heteroatoms. The summed E-state index contributed by atoms with van der Waals surface area (Å²) < 4.78 is 0. The Morgan fingerprint density at radius 2 is 2.09 bits per heavy atom. The molecule has 0 spiro atoms. The molecule has 1 heterocycles. The Bertz CT molecular complexity index is 481. The molecule has 124 valence electrons. The summed E-state index contributed by atoms with van der Waals surface area (Å²) >= 11 is 0. The van der Waals surface area contributed by atoms with E-state index in [1.165, 1.54) is 31.5 Å². The lowest BCUT2D eigenvalue weighted by atomic mass is 9.98. The Morgan fingerprint density at radius 1 is 1.41 bits per heavy atom. The predicted octanol–water partition coefficient (Wildman–Crippen LogP) is 3.46. The summed E-state index contributed by atoms with van der Waals surface area (Å²) in [5.41, 5.74) is 8.18. The number of aliphatic imine (C=N–C) groups is 1. The highest BCUT2D eigenvalue weighted by atomic mass is 127. The van der Waals surface area contributed by atoms with Crippen LogP contribution < -0.4 is 11.1 Å². The fourth-order valence-corrected chi connectivity index (χ4v) is 2.73. The summed E-state index contributed by atoms with van der Waals surface area (Å²) in [5.74, 6) is 1.36. The SMILES string of the molecule is Cc1cccc(NC(N)=NCC(C)N2CCC(C)CC2)c1.I. The van der Waals surface area contributed by atoms with Gasteiger partial charge in [-0.2, -0.15) is 0 Å². The minimum Gasteiger partial charge on any atom is -0.370 e. The van der Waals surface area contributed by atoms with Crippen molar-refractivity contribution in [3.05, 3.63) is 29.8 Å². The minimum absolute atomic E-state index is 0. The molecule has 1 aromatic carbocycles. The summed E-state index contributed by atoms with van der Waals surface area (Å²) in [7, 11) is 0. The molecule has 0 radical (unpaired) electrons. The van der Waals surface area contributed by atoms with E-state index in [1.807, 2.05) is 12.1 Å². The number of hydrogen-bond donors (Lipinski definition) is 2. The maximum atomic E-state index is 5.98. The zero-order chi connectivity index (χ0) is 15.2. The van der Waals surface area contributed by atoms with Crippen LogP contribution in [0.5, 0.6) is 0 Å². The van der Waals surface area contributed by atoms with Gasteiger partial charge in [0.1, 0.15) is 0 Å². The zero-order valence-electron chi connectivity index (χ0n) is 13.9. The molecular weight excluding hydrogens is 387 g/mol. The van der Waals surface area contributed by atoms with Gasteiger partial charge in [0.2, 0.25) is 0 Å². The van der Waals surface area contributed by atoms with Crippen molar-refractivity contribution in [2.45, 2.75) is 39.7 Å². The molecule has 4 nitrogen and oxygen atoms in total. The molecule has 1 aliphatic rings. The maximum absolute atomic E-state index is 5.98. The summed E-state index contributed by atoms with van der Waals surface area (Å²) in [6, 6.07) is 8.61. The molecule has 0 aliphatic carbocycles. The first kappa shape index (κ1) is 19.2. The van der Waals surface area contributed by atoms with Crippen LogP contribution in [0.25, 0.3) is 0 Å². The number of benzene rings is 1. The molecule has 0 saturated carbocycles. The molecular formula is C17H29IN4. The fourth-order valence-electron chi connectivity index (χ4n) is 2.73. The van der Waals surface area contributed by atoms with E-state index in [9.17, 15) is 0 Å². The second-order valence-electron chi connectivity index (χ2n) is 6.29. The van der Waals surface area contributed by atoms with Gasteiger partial charge >= 0.3 is 0 Å². The van der Waals surface area contributed by atoms with E-state index in [0.29, 0.717) is 12.0 Å². The van der Waals surface area contributed by atoms with E-state index in [2.05, 4.69) is 48.1 Å². The van der Waals surface area contributed by atoms with E-state index in [1.54, 1.807) is 0 Å². The third kappa shape index (κ3) is 6.12. The number of aryl methyl sites for hydroxylation is 1. The highest BCUT2D eigenvalue weighted by Crippen LogP contribution is 2.18. The van der Waals surface area contributed by atoms with Crippen molar-refractivity contribution in [1.29, 1.82) is 0 Å². The molecule has 2 rings (SSSR count). The number of hydrogen-bond acceptors (Lipinski definition) is 2. The van der Waals surface area contributed by atoms with Gasteiger partial charge in [-0.25, -0.2) is 0 Å². The largest absolute Gasteiger partial charge is 0.370 e. The van der Waals surface area contributed by atoms with Crippen LogP contribution in [0.1, 0.15) is 32.3 Å². The molecule has 3 N–H and O–H groups in total. The number of guanidine groups is 1. The Hall–Kier alpha value is -0.820. The number of halogens is 1. The third-order valence-corrected chi connectivity index (χ3v) is 4.26. The van der Waals surface area contributed by atoms with Gasteiger partial charge in [-0.05, 0) is 63.4 Å². The molecule has 22 heavy (non-hydrogen) atoms. The standard InChI is InChI=1S/C17H28N4.HI/c1-13-7-9-21(10-8-13)15(3)12-19-17(18)20-16-6-4-5-14(2)11-16;/h4-6,11,13,15H,7-10,12H2,1-3H3,(H3,18,19,20);1H. The van der Waals surface area contributed by atoms with E-state index in [-0.39, 0.29) is 24.0 Å². The lowest BCUT2D eigenvalue weighted by Gasteiger charge is -2.34. The number of likely N-dealkylation sites (tertiary alicyclic amines) is 1. The highest BCUT2D eigenvalue weighted by Gasteiger charge is 2.19. The highest BCUT2D eigenvalue weighted by molar-refractivity contribution is 14.0. The summed E-state index contributed by atoms with van der Waals surface area (Å²) in [6.07, 6.45) is 2.59. The smallest absolute Gasteiger partial charge is 0.193 e. The zero-order valence-corrected chi connectivity index (χ0v) is 16.2. The number of piperidine rings is 1. The van der Waals surface area contributed by atoms with Crippen molar-refractivity contribution in [1.82, 2.24) is 4.90 Å². The average Bonchev–Trinajstić information content (AvgIpc) is 2.45. The van der Waals surface area contributed by atoms with Crippen LogP contribution in [0.4, 0.5) is 5.69 Å². The number of nitrogens with zero attached hydrogens (tertiary/aromatic N) is 2. The molecule has 0 amide bonds. The number of nitrogens with two attached hydrogens (primary N) is 1. The molecule has 1 unspecified atom stereocenters. The molecule has 0 aromatic heterocycles. The third-order valence-electron chi connectivity index (χ3n) is 4.26. The van der Waals surface area contributed by atoms with E-state index < -0.39 is 0 Å². The van der Waals surface area contributed by atoms with Crippen LogP contribution in [0, 0.1) is 12.8 Å². The monoisotopic (exact) mass is 416 g/mol. The van der Waals surface area contributed by atoms with Crippen molar-refractivity contribution in [3.8, 4) is 0 Å². The van der Waals surface area contributed by atoms with Gasteiger partial charge in [0.05, 0.1) is 6.54 Å². The average molecular weight is 416 g/mol. The predicted molar refractivity (Wildman–Crippen MR) is 106 cm³/mol. The second kappa shape index (κ2) is 9.35. The van der Waals surface area contributed by atoms with Crippen molar-refractivity contribution >= 4 is 35.6 Å². The lowest BCUT2D eigenvalue weighted by molar-refractivity contribution is 0.150. The van der Waals surface area contributed by atoms with E-state index >= 15 is 0 Å². The molecule has 1 saturated heterocycles. The Labute approximate surface area is 151 Å². The molecule has 1 atom stereocenters. The first-order chi connectivity index (χ1) is 10.0. The number of rotatable bonds is 4. The first-order valence-corrected chi connectivity index (χ1v) is 7.92. The second-order valence-corrected chi connectivity index (χ2v) is 6.29. The van der Waals surface area contributed by atoms with Crippen molar-refractivity contribution in [2.24, 2.45) is 16.6 Å². The summed E-state index contributed by atoms with van der Waals surface area (Å²) in [4.78, 5) is 7.00. The Morgan fingerprint density at radius 3 is 2.73 bits per heavy atom. The molecule has 1 fully saturated rings. The van der Waals surface area contributed by atoms with Gasteiger partial charge in [0.15, 0.2) is 5.96 Å². The van der Waals surface area contributed by atoms with Gasteiger partial charge < -0.3 is 11.1 Å². The van der Waals surface area contributed by atoms with Gasteiger partial charge in [-0.3, -0.25) is 9.89 Å². The van der Waals surface area contributed by atoms with Gasteiger partial charge in [-0.1, -0.05) is 19.1 Å². The van der Waals surface area contributed by atoms with Crippen LogP contribution in [0.2, 0.25) is 0 Å². The van der Waals surface area contributed by atoms with E-state index in [0.717, 1.165) is 18.2 Å². The topological polar surface area (TPSA) is 53.6 Å². The van der Waals surface area contributed by atoms with Crippen molar-refractivity contribution in [3.63, 3.8) is 0 Å². The number of anilines is 1. The van der Waals surface area contributed by atoms with Crippen LogP contribution in [-0.2, 0) is 0 Å². The van der Waals surface area contributed by atoms with Gasteiger partial charge in [0, 0.05) is 11.7 Å². The van der Waals surface area contributed by atoms with Crippen LogP contribution in [0.3, 0.4) is 0 Å². The van der Waals surface area contributed by atoms with Crippen LogP contribution in [-0.4, -0.2) is 36.5 Å². The van der Waals surface area contributed by atoms with Crippen LogP contribution in [0.15, 0.2) is 29.3 Å². The Balaban J connectivity index is 0.00000242. The van der Waals surface area contributed by atoms with Crippen molar-refractivity contribution < 1.29 is 0 Å². The maximum Gasteiger partial charge on any atom is 0.193 e. The number of nitrogens with one attached hydrogen (secondary N) is 1. The molecule has 1 aliphatic heterocycles. The van der Waals surface area contributed by atoms with E-state index in [4.69, 9.17) is 5.73 Å². The quantitative estimate of drug-likeness (QED) is 0.449. The molecule has 1 aromatic rings. The minimum atomic E-state index is 0. The Kier molecular flexibility index (Phi) is 8.17. The summed E-state index contributed by atoms with van der Waals surface area (Å²) in [6.45, 7) is 9.76. The van der Waals surface area contributed by atoms with Gasteiger partial charge in [0.25, 0.3) is 0 Å². The lowest BCUT2D eigenvalue weighted by Crippen LogP contribution is -2.41.